The van der Waals surface area contributed by atoms with Gasteiger partial charge in [0.1, 0.15) is 16.9 Å². The van der Waals surface area contributed by atoms with E-state index in [1.165, 1.54) is 17.8 Å². The van der Waals surface area contributed by atoms with Gasteiger partial charge in [-0.15, -0.1) is 16.9 Å². The summed E-state index contributed by atoms with van der Waals surface area (Å²) in [6.07, 6.45) is 1.76. The minimum absolute atomic E-state index is 0.0867. The first-order valence-electron chi connectivity index (χ1n) is 6.16. The predicted octanol–water partition coefficient (Wildman–Crippen LogP) is 1.67. The number of benzene rings is 1. The van der Waals surface area contributed by atoms with Gasteiger partial charge in [-0.3, -0.25) is 4.79 Å². The molecule has 0 saturated carbocycles. The summed E-state index contributed by atoms with van der Waals surface area (Å²) in [5, 5.41) is 7.99. The SMILES string of the molecule is CN1C(=O)CS[C@@H]1c1cn(Cc2ccccc2F)nn1. The molecule has 1 atom stereocenters. The van der Waals surface area contributed by atoms with Gasteiger partial charge >= 0.3 is 0 Å². The lowest BCUT2D eigenvalue weighted by molar-refractivity contribution is -0.126. The Morgan fingerprint density at radius 3 is 2.95 bits per heavy atom. The van der Waals surface area contributed by atoms with E-state index in [-0.39, 0.29) is 17.1 Å². The average Bonchev–Trinajstić information content (AvgIpc) is 3.01. The highest BCUT2D eigenvalue weighted by molar-refractivity contribution is 8.00. The van der Waals surface area contributed by atoms with Crippen LogP contribution in [0.1, 0.15) is 16.6 Å². The van der Waals surface area contributed by atoms with Crippen molar-refractivity contribution in [2.75, 3.05) is 12.8 Å². The van der Waals surface area contributed by atoms with Crippen molar-refractivity contribution in [1.82, 2.24) is 19.9 Å². The molecule has 2 heterocycles. The Morgan fingerprint density at radius 1 is 1.45 bits per heavy atom. The van der Waals surface area contributed by atoms with Gasteiger partial charge in [-0.05, 0) is 6.07 Å². The molecule has 0 radical (unpaired) electrons. The summed E-state index contributed by atoms with van der Waals surface area (Å²) in [5.41, 5.74) is 1.28. The number of thioether (sulfide) groups is 1. The van der Waals surface area contributed by atoms with Crippen LogP contribution < -0.4 is 0 Å². The predicted molar refractivity (Wildman–Crippen MR) is 73.5 cm³/mol. The summed E-state index contributed by atoms with van der Waals surface area (Å²) in [7, 11) is 1.75. The molecule has 5 nitrogen and oxygen atoms in total. The van der Waals surface area contributed by atoms with E-state index >= 15 is 0 Å². The van der Waals surface area contributed by atoms with Crippen LogP contribution in [0.3, 0.4) is 0 Å². The van der Waals surface area contributed by atoms with Crippen molar-refractivity contribution < 1.29 is 9.18 Å². The van der Waals surface area contributed by atoms with Gasteiger partial charge in [0, 0.05) is 12.6 Å². The summed E-state index contributed by atoms with van der Waals surface area (Å²) in [6, 6.07) is 6.58. The molecule has 7 heteroatoms. The highest BCUT2D eigenvalue weighted by Gasteiger charge is 2.31. The Labute approximate surface area is 119 Å². The maximum absolute atomic E-state index is 13.6. The average molecular weight is 292 g/mol. The van der Waals surface area contributed by atoms with E-state index in [0.29, 0.717) is 17.9 Å². The number of halogens is 1. The molecule has 0 aliphatic carbocycles. The van der Waals surface area contributed by atoms with Crippen molar-refractivity contribution >= 4 is 17.7 Å². The number of aromatic nitrogens is 3. The first-order valence-corrected chi connectivity index (χ1v) is 7.21. The Hall–Kier alpha value is -1.89. The van der Waals surface area contributed by atoms with E-state index in [9.17, 15) is 9.18 Å². The third-order valence-electron chi connectivity index (χ3n) is 3.21. The highest BCUT2D eigenvalue weighted by atomic mass is 32.2. The van der Waals surface area contributed by atoms with E-state index in [4.69, 9.17) is 0 Å². The number of carbonyl (C=O) groups excluding carboxylic acids is 1. The first kappa shape index (κ1) is 13.1. The number of hydrogen-bond acceptors (Lipinski definition) is 4. The van der Waals surface area contributed by atoms with Crippen molar-refractivity contribution in [2.45, 2.75) is 11.9 Å². The van der Waals surface area contributed by atoms with Crippen molar-refractivity contribution in [1.29, 1.82) is 0 Å². The third kappa shape index (κ3) is 2.40. The minimum atomic E-state index is -0.257. The molecule has 1 aromatic heterocycles. The zero-order chi connectivity index (χ0) is 14.1. The second-order valence-corrected chi connectivity index (χ2v) is 5.67. The molecule has 1 amide bonds. The summed E-state index contributed by atoms with van der Waals surface area (Å²) >= 11 is 1.52. The third-order valence-corrected chi connectivity index (χ3v) is 4.50. The zero-order valence-electron chi connectivity index (χ0n) is 10.9. The smallest absolute Gasteiger partial charge is 0.233 e. The molecule has 0 unspecified atom stereocenters. The normalized spacial score (nSPS) is 18.8. The van der Waals surface area contributed by atoms with Gasteiger partial charge in [0.25, 0.3) is 0 Å². The molecule has 1 saturated heterocycles. The fourth-order valence-electron chi connectivity index (χ4n) is 2.08. The molecular formula is C13H13FN4OS. The van der Waals surface area contributed by atoms with Gasteiger partial charge in [0.15, 0.2) is 0 Å². The number of amides is 1. The molecule has 20 heavy (non-hydrogen) atoms. The molecule has 2 aromatic rings. The Morgan fingerprint density at radius 2 is 2.25 bits per heavy atom. The van der Waals surface area contributed by atoms with Crippen LogP contribution in [0.2, 0.25) is 0 Å². The molecule has 1 aliphatic heterocycles. The van der Waals surface area contributed by atoms with Crippen molar-refractivity contribution in [3.63, 3.8) is 0 Å². The molecule has 1 aliphatic rings. The topological polar surface area (TPSA) is 51.0 Å². The van der Waals surface area contributed by atoms with Crippen molar-refractivity contribution in [3.8, 4) is 0 Å². The molecule has 1 aromatic carbocycles. The summed E-state index contributed by atoms with van der Waals surface area (Å²) in [5.74, 6) is 0.289. The van der Waals surface area contributed by atoms with Gasteiger partial charge in [-0.1, -0.05) is 23.4 Å². The molecule has 104 valence electrons. The van der Waals surface area contributed by atoms with E-state index < -0.39 is 0 Å². The van der Waals surface area contributed by atoms with Gasteiger partial charge in [-0.2, -0.15) is 0 Å². The van der Waals surface area contributed by atoms with Crippen LogP contribution in [-0.4, -0.2) is 38.6 Å². The van der Waals surface area contributed by atoms with Crippen LogP contribution in [0.4, 0.5) is 4.39 Å². The van der Waals surface area contributed by atoms with E-state index in [1.807, 2.05) is 0 Å². The van der Waals surface area contributed by atoms with E-state index in [2.05, 4.69) is 10.3 Å². The monoisotopic (exact) mass is 292 g/mol. The number of nitrogens with zero attached hydrogens (tertiary/aromatic N) is 4. The Balaban J connectivity index is 1.78. The fourth-order valence-corrected chi connectivity index (χ4v) is 3.21. The van der Waals surface area contributed by atoms with Gasteiger partial charge in [0.2, 0.25) is 5.91 Å². The standard InChI is InChI=1S/C13H13FN4OS/c1-17-12(19)8-20-13(17)11-7-18(16-15-11)6-9-4-2-3-5-10(9)14/h2-5,7,13H,6,8H2,1H3/t13-/m1/s1. The summed E-state index contributed by atoms with van der Waals surface area (Å²) < 4.78 is 15.2. The quantitative estimate of drug-likeness (QED) is 0.863. The second-order valence-electron chi connectivity index (χ2n) is 4.60. The van der Waals surface area contributed by atoms with Crippen molar-refractivity contribution in [2.24, 2.45) is 0 Å². The second kappa shape index (κ2) is 5.24. The van der Waals surface area contributed by atoms with Crippen LogP contribution >= 0.6 is 11.8 Å². The highest BCUT2D eigenvalue weighted by Crippen LogP contribution is 2.35. The van der Waals surface area contributed by atoms with E-state index in [1.54, 1.807) is 41.0 Å². The van der Waals surface area contributed by atoms with E-state index in [0.717, 1.165) is 5.69 Å². The maximum Gasteiger partial charge on any atom is 0.233 e. The lowest BCUT2D eigenvalue weighted by atomic mass is 10.2. The van der Waals surface area contributed by atoms with Crippen LogP contribution in [0, 0.1) is 5.82 Å². The lowest BCUT2D eigenvalue weighted by Gasteiger charge is -2.15. The number of carbonyl (C=O) groups is 1. The van der Waals surface area contributed by atoms with Crippen molar-refractivity contribution in [3.05, 3.63) is 47.5 Å². The largest absolute Gasteiger partial charge is 0.327 e. The van der Waals surface area contributed by atoms with Crippen LogP contribution in [-0.2, 0) is 11.3 Å². The number of rotatable bonds is 3. The van der Waals surface area contributed by atoms with Crippen LogP contribution in [0.5, 0.6) is 0 Å². The lowest BCUT2D eigenvalue weighted by Crippen LogP contribution is -2.23. The summed E-state index contributed by atoms with van der Waals surface area (Å²) in [6.45, 7) is 0.328. The number of hydrogen-bond donors (Lipinski definition) is 0. The summed E-state index contributed by atoms with van der Waals surface area (Å²) in [4.78, 5) is 13.2. The van der Waals surface area contributed by atoms with Gasteiger partial charge in [-0.25, -0.2) is 9.07 Å². The van der Waals surface area contributed by atoms with Crippen LogP contribution in [0.15, 0.2) is 30.5 Å². The molecule has 0 bridgehead atoms. The zero-order valence-corrected chi connectivity index (χ0v) is 11.7. The molecular weight excluding hydrogens is 279 g/mol. The Bertz CT molecular complexity index is 645. The molecule has 1 fully saturated rings. The van der Waals surface area contributed by atoms with Crippen LogP contribution in [0.25, 0.3) is 0 Å². The molecule has 3 rings (SSSR count). The maximum atomic E-state index is 13.6. The minimum Gasteiger partial charge on any atom is -0.327 e. The Kier molecular flexibility index (Phi) is 3.43. The first-order chi connectivity index (χ1) is 9.65. The molecule has 0 spiro atoms. The fraction of sp³-hybridized carbons (Fsp3) is 0.308. The van der Waals surface area contributed by atoms with Gasteiger partial charge in [0.05, 0.1) is 18.5 Å². The van der Waals surface area contributed by atoms with Gasteiger partial charge < -0.3 is 4.90 Å². The molecule has 0 N–H and O–H groups in total.